The number of hydrogen-bond donors (Lipinski definition) is 2. The van der Waals surface area contributed by atoms with Crippen LogP contribution in [0, 0.1) is 17.8 Å². The van der Waals surface area contributed by atoms with Crippen molar-refractivity contribution in [3.05, 3.63) is 124 Å². The maximum absolute atomic E-state index is 16.1. The largest absolute Gasteiger partial charge is 0.573 e. The van der Waals surface area contributed by atoms with E-state index >= 15 is 22.8 Å². The molecule has 0 radical (unpaired) electrons. The number of Topliss-reactive ketones (excluding diaryl/α,β-unsaturated/α-hetero) is 2. The number of likely N-dealkylation sites (tertiary alicyclic amines) is 1. The number of amides is 1. The summed E-state index contributed by atoms with van der Waals surface area (Å²) in [6.07, 6.45) is -4.28. The Hall–Kier alpha value is -5.95. The molecule has 72 heavy (non-hydrogen) atoms. The van der Waals surface area contributed by atoms with Crippen molar-refractivity contribution < 1.29 is 60.6 Å². The van der Waals surface area contributed by atoms with Crippen LogP contribution in [0.5, 0.6) is 17.4 Å². The molecule has 1 saturated heterocycles. The number of hydrogen-bond acceptors (Lipinski definition) is 13. The van der Waals surface area contributed by atoms with Crippen LogP contribution < -0.4 is 24.4 Å². The number of fused-ring (bicyclic) bond motifs is 7. The van der Waals surface area contributed by atoms with Gasteiger partial charge in [0, 0.05) is 41.7 Å². The van der Waals surface area contributed by atoms with Gasteiger partial charge in [0.1, 0.15) is 35.9 Å². The Morgan fingerprint density at radius 2 is 1.61 bits per heavy atom. The highest BCUT2D eigenvalue weighted by molar-refractivity contribution is 6.74. The predicted molar refractivity (Wildman–Crippen MR) is 264 cm³/mol. The minimum absolute atomic E-state index is 0.0118. The molecule has 0 saturated carbocycles. The van der Waals surface area contributed by atoms with Gasteiger partial charge in [-0.2, -0.15) is 0 Å². The Morgan fingerprint density at radius 1 is 0.972 bits per heavy atom. The van der Waals surface area contributed by atoms with Gasteiger partial charge in [-0.1, -0.05) is 87.5 Å². The number of ketones is 2. The molecular formula is C54H63F3N4O10Si. The molecule has 5 aliphatic rings. The number of aliphatic hydroxyl groups is 1. The van der Waals surface area contributed by atoms with Crippen LogP contribution in [0.2, 0.25) is 18.1 Å². The van der Waals surface area contributed by atoms with Gasteiger partial charge in [0.15, 0.2) is 31.2 Å². The Kier molecular flexibility index (Phi) is 13.1. The van der Waals surface area contributed by atoms with Gasteiger partial charge in [-0.3, -0.25) is 19.4 Å². The smallest absolute Gasteiger partial charge is 0.508 e. The van der Waals surface area contributed by atoms with Gasteiger partial charge in [0.05, 0.1) is 17.3 Å². The van der Waals surface area contributed by atoms with Gasteiger partial charge in [0.2, 0.25) is 5.78 Å². The maximum Gasteiger partial charge on any atom is 0.573 e. The van der Waals surface area contributed by atoms with E-state index in [1.807, 2.05) is 75.2 Å². The lowest BCUT2D eigenvalue weighted by Gasteiger charge is -2.54. The molecule has 6 atom stereocenters. The van der Waals surface area contributed by atoms with Crippen LogP contribution in [0.1, 0.15) is 115 Å². The monoisotopic (exact) mass is 1010 g/mol. The minimum atomic E-state index is -5.26. The molecule has 14 nitrogen and oxygen atoms in total. The predicted octanol–water partition coefficient (Wildman–Crippen LogP) is 11.1. The normalized spacial score (nSPS) is 24.1. The summed E-state index contributed by atoms with van der Waals surface area (Å²) >= 11 is 0. The first kappa shape index (κ1) is 51.0. The Balaban J connectivity index is 1.32. The number of carbonyl (C=O) groups is 3. The Morgan fingerprint density at radius 3 is 2.21 bits per heavy atom. The first-order valence-electron chi connectivity index (χ1n) is 24.5. The lowest BCUT2D eigenvalue weighted by Crippen LogP contribution is -2.65. The number of alkyl halides is 3. The highest BCUT2D eigenvalue weighted by atomic mass is 28.4. The minimum Gasteiger partial charge on any atom is -0.508 e. The number of nitrogens with zero attached hydrogens (tertiary/aromatic N) is 3. The molecule has 2 N–H and O–H groups in total. The van der Waals surface area contributed by atoms with E-state index in [-0.39, 0.29) is 96.0 Å². The number of aliphatic hydroxyl groups excluding tert-OH is 1. The molecule has 384 valence electrons. The van der Waals surface area contributed by atoms with Crippen LogP contribution in [-0.4, -0.2) is 85.4 Å². The summed E-state index contributed by atoms with van der Waals surface area (Å²) in [5, 5.41) is 20.6. The molecule has 3 heterocycles. The number of anilines is 1. The molecule has 4 aromatic rings. The quantitative estimate of drug-likeness (QED) is 0.102. The number of carbonyl (C=O) groups excluding carboxylic acids is 3. The molecule has 0 bridgehead atoms. The van der Waals surface area contributed by atoms with E-state index in [2.05, 4.69) is 17.1 Å². The first-order valence-corrected chi connectivity index (χ1v) is 27.4. The van der Waals surface area contributed by atoms with Crippen molar-refractivity contribution in [2.45, 2.75) is 122 Å². The molecule has 3 aromatic carbocycles. The standard InChI is InChI=1S/C54H63F3N4O10Si/c1-11-23-58-40-35-26-33-25-34-37(43(62)36(33)47(63)53(35,71-72(9,10)52(5,6)7)48(64)39-45(40)70-59-49(39)67-29-31-20-16-13-17-21-31)46(66-28-30-18-14-12-15-19-30)42-38(44(34)68-54(55,56)57)41-32(22-24-60(41)8)27-61(42)50(65)69-51(2,3)4/h11-21,32-33,35,40-41,58,63H,1,22-29H2,2-10H3/t32?,33-,35-,40-,41?,53-/m0/s1. The van der Waals surface area contributed by atoms with Crippen molar-refractivity contribution in [3.63, 3.8) is 0 Å². The van der Waals surface area contributed by atoms with Crippen LogP contribution in [0.4, 0.5) is 23.7 Å². The van der Waals surface area contributed by atoms with Gasteiger partial charge >= 0.3 is 12.5 Å². The van der Waals surface area contributed by atoms with Crippen molar-refractivity contribution in [3.8, 4) is 17.4 Å². The lowest BCUT2D eigenvalue weighted by molar-refractivity contribution is -0.275. The van der Waals surface area contributed by atoms with Crippen molar-refractivity contribution in [1.29, 1.82) is 0 Å². The molecule has 1 fully saturated rings. The van der Waals surface area contributed by atoms with E-state index in [9.17, 15) is 9.90 Å². The molecule has 18 heteroatoms. The van der Waals surface area contributed by atoms with Gasteiger partial charge in [-0.15, -0.1) is 19.8 Å². The van der Waals surface area contributed by atoms with E-state index in [1.165, 1.54) is 4.90 Å². The molecule has 1 amide bonds. The number of nitrogens with one attached hydrogen (secondary N) is 1. The lowest BCUT2D eigenvalue weighted by atomic mass is 9.58. The summed E-state index contributed by atoms with van der Waals surface area (Å²) in [4.78, 5) is 49.8. The highest BCUT2D eigenvalue weighted by Gasteiger charge is 2.67. The summed E-state index contributed by atoms with van der Waals surface area (Å²) in [6, 6.07) is 16.6. The van der Waals surface area contributed by atoms with Crippen molar-refractivity contribution >= 4 is 31.7 Å². The van der Waals surface area contributed by atoms with Gasteiger partial charge in [0.25, 0.3) is 5.88 Å². The maximum atomic E-state index is 16.1. The third-order valence-corrected chi connectivity index (χ3v) is 19.6. The van der Waals surface area contributed by atoms with Crippen LogP contribution in [0.15, 0.2) is 89.2 Å². The van der Waals surface area contributed by atoms with Crippen molar-refractivity contribution in [2.24, 2.45) is 17.8 Å². The molecule has 3 aliphatic carbocycles. The zero-order chi connectivity index (χ0) is 51.9. The second-order valence-electron chi connectivity index (χ2n) is 22.1. The van der Waals surface area contributed by atoms with E-state index in [0.29, 0.717) is 18.5 Å². The number of rotatable bonds is 12. The molecule has 1 aromatic heterocycles. The summed E-state index contributed by atoms with van der Waals surface area (Å²) in [5.41, 5.74) is -2.64. The Labute approximate surface area is 418 Å². The fourth-order valence-corrected chi connectivity index (χ4v) is 12.5. The fourth-order valence-electron chi connectivity index (χ4n) is 11.1. The third-order valence-electron chi connectivity index (χ3n) is 15.2. The van der Waals surface area contributed by atoms with Crippen molar-refractivity contribution in [2.75, 3.05) is 31.6 Å². The zero-order valence-electron chi connectivity index (χ0n) is 42.2. The number of ether oxygens (including phenoxy) is 4. The second kappa shape index (κ2) is 18.5. The number of benzene rings is 3. The Bertz CT molecular complexity index is 2820. The second-order valence-corrected chi connectivity index (χ2v) is 26.8. The van der Waals surface area contributed by atoms with Crippen molar-refractivity contribution in [1.82, 2.24) is 15.4 Å². The molecule has 2 unspecified atom stereocenters. The average Bonchev–Trinajstić information content (AvgIpc) is 3.91. The van der Waals surface area contributed by atoms with E-state index < -0.39 is 84.0 Å². The van der Waals surface area contributed by atoms with Crippen LogP contribution in [0.25, 0.3) is 0 Å². The summed E-state index contributed by atoms with van der Waals surface area (Å²) in [7, 11) is -1.37. The number of aromatic nitrogens is 1. The molecule has 2 aliphatic heterocycles. The zero-order valence-corrected chi connectivity index (χ0v) is 43.2. The number of halogens is 3. The van der Waals surface area contributed by atoms with E-state index in [0.717, 1.165) is 5.56 Å². The van der Waals surface area contributed by atoms with Gasteiger partial charge in [-0.25, -0.2) is 4.79 Å². The van der Waals surface area contributed by atoms with Gasteiger partial charge in [-0.05, 0) is 99.9 Å². The van der Waals surface area contributed by atoms with E-state index in [1.54, 1.807) is 58.2 Å². The first-order chi connectivity index (χ1) is 33.9. The van der Waals surface area contributed by atoms with Crippen LogP contribution >= 0.6 is 0 Å². The molecule has 9 rings (SSSR count). The SMILES string of the molecule is C=CCN[C@@H]1c2onc(OCc3ccccc3)c2C(=O)[C@@]2(O[Si](C)(C)C(C)(C)C)C(O)=C3C(=O)c4c(c(OC(F)(F)F)c5c(c4OCc4ccccc4)N(C(=O)OC(C)(C)C)CC4CCN(C)C54)C[C@H]3C[C@@H]12. The summed E-state index contributed by atoms with van der Waals surface area (Å²) < 4.78 is 83.0. The fraction of sp³-hybridized carbons (Fsp3) is 0.481. The van der Waals surface area contributed by atoms with E-state index in [4.69, 9.17) is 27.9 Å². The number of allylic oxidation sites excluding steroid dienone is 1. The topological polar surface area (TPSA) is 162 Å². The third kappa shape index (κ3) is 8.91. The van der Waals surface area contributed by atoms with Crippen LogP contribution in [-0.2, 0) is 28.8 Å². The van der Waals surface area contributed by atoms with Gasteiger partial charge < -0.3 is 38.3 Å². The van der Waals surface area contributed by atoms with Crippen LogP contribution in [0.3, 0.4) is 0 Å². The molecular weight excluding hydrogens is 950 g/mol. The summed E-state index contributed by atoms with van der Waals surface area (Å²) in [6.45, 7) is 19.3. The highest BCUT2D eigenvalue weighted by Crippen LogP contribution is 2.63. The summed E-state index contributed by atoms with van der Waals surface area (Å²) in [5.74, 6) is -5.50. The molecule has 0 spiro atoms. The average molecular weight is 1010 g/mol.